The van der Waals surface area contributed by atoms with E-state index in [0.29, 0.717) is 0 Å². The van der Waals surface area contributed by atoms with Gasteiger partial charge in [-0.1, -0.05) is 75.2 Å². The van der Waals surface area contributed by atoms with Crippen molar-refractivity contribution in [1.29, 1.82) is 0 Å². The van der Waals surface area contributed by atoms with Crippen LogP contribution in [0.25, 0.3) is 22.3 Å². The Morgan fingerprint density at radius 1 is 0.774 bits per heavy atom. The lowest BCUT2D eigenvalue weighted by molar-refractivity contribution is 0.515. The first-order valence-electron chi connectivity index (χ1n) is 11.5. The fraction of sp³-hybridized carbons (Fsp3) is 0.357. The summed E-state index contributed by atoms with van der Waals surface area (Å²) in [5.41, 5.74) is 10.0. The summed E-state index contributed by atoms with van der Waals surface area (Å²) in [5, 5.41) is 0. The summed E-state index contributed by atoms with van der Waals surface area (Å²) in [6, 6.07) is 19.6. The van der Waals surface area contributed by atoms with E-state index < -0.39 is 9.03 Å². The molecule has 3 heteroatoms. The molecule has 2 nitrogen and oxygen atoms in total. The smallest absolute Gasteiger partial charge is 0.212 e. The molecule has 31 heavy (non-hydrogen) atoms. The van der Waals surface area contributed by atoms with Crippen molar-refractivity contribution in [2.45, 2.75) is 66.2 Å². The first kappa shape index (κ1) is 23.5. The van der Waals surface area contributed by atoms with Crippen LogP contribution >= 0.6 is 9.03 Å². The standard InChI is InChI=1S/C28H35O2P/c1-5-7-10-22-18-24(16-14-20(22)3)26-12-9-13-27(30-31-29)28(26)25-17-15-21(4)23(19-25)11-8-6-2/h9,12-19,29,31H,5-8,10-11H2,1-4H3. The number of aryl methyl sites for hydroxylation is 4. The average Bonchev–Trinajstić information content (AvgIpc) is 2.78. The van der Waals surface area contributed by atoms with Gasteiger partial charge in [0.2, 0.25) is 9.03 Å². The molecule has 3 aromatic carbocycles. The van der Waals surface area contributed by atoms with Crippen LogP contribution in [0.3, 0.4) is 0 Å². The molecule has 0 spiro atoms. The summed E-state index contributed by atoms with van der Waals surface area (Å²) >= 11 is 0. The van der Waals surface area contributed by atoms with Crippen molar-refractivity contribution in [2.75, 3.05) is 0 Å². The van der Waals surface area contributed by atoms with Crippen molar-refractivity contribution in [1.82, 2.24) is 0 Å². The van der Waals surface area contributed by atoms with Gasteiger partial charge in [0.25, 0.3) is 0 Å². The van der Waals surface area contributed by atoms with Crippen LogP contribution in [0.1, 0.15) is 61.8 Å². The Balaban J connectivity index is 2.15. The van der Waals surface area contributed by atoms with Gasteiger partial charge in [-0.05, 0) is 84.5 Å². The van der Waals surface area contributed by atoms with Gasteiger partial charge in [-0.2, -0.15) is 0 Å². The highest BCUT2D eigenvalue weighted by Gasteiger charge is 2.16. The van der Waals surface area contributed by atoms with Gasteiger partial charge in [-0.3, -0.25) is 0 Å². The highest BCUT2D eigenvalue weighted by Crippen LogP contribution is 2.42. The zero-order chi connectivity index (χ0) is 22.2. The third kappa shape index (κ3) is 5.76. The summed E-state index contributed by atoms with van der Waals surface area (Å²) in [6.45, 7) is 8.85. The minimum absolute atomic E-state index is 0.579. The van der Waals surface area contributed by atoms with Gasteiger partial charge in [0.05, 0.1) is 0 Å². The number of benzene rings is 3. The molecule has 0 fully saturated rings. The van der Waals surface area contributed by atoms with Gasteiger partial charge in [0.15, 0.2) is 0 Å². The average molecular weight is 435 g/mol. The lowest BCUT2D eigenvalue weighted by Gasteiger charge is -2.18. The second-order valence-electron chi connectivity index (χ2n) is 8.36. The molecule has 1 atom stereocenters. The second-order valence-corrected chi connectivity index (χ2v) is 8.75. The topological polar surface area (TPSA) is 29.5 Å². The summed E-state index contributed by atoms with van der Waals surface area (Å²) in [5.74, 6) is 0.735. The van der Waals surface area contributed by atoms with Crippen LogP contribution in [-0.4, -0.2) is 4.89 Å². The minimum Gasteiger partial charge on any atom is -0.449 e. The minimum atomic E-state index is -0.579. The summed E-state index contributed by atoms with van der Waals surface area (Å²) in [4.78, 5) is 9.55. The van der Waals surface area contributed by atoms with Gasteiger partial charge >= 0.3 is 0 Å². The van der Waals surface area contributed by atoms with Crippen molar-refractivity contribution in [3.05, 3.63) is 76.9 Å². The summed E-state index contributed by atoms with van der Waals surface area (Å²) in [6.07, 6.45) is 6.95. The number of hydrogen-bond donors (Lipinski definition) is 1. The van der Waals surface area contributed by atoms with E-state index in [-0.39, 0.29) is 0 Å². The zero-order valence-electron chi connectivity index (χ0n) is 19.3. The molecule has 0 aliphatic carbocycles. The Morgan fingerprint density at radius 3 is 1.94 bits per heavy atom. The van der Waals surface area contributed by atoms with E-state index in [1.165, 1.54) is 53.5 Å². The molecule has 0 saturated carbocycles. The summed E-state index contributed by atoms with van der Waals surface area (Å²) in [7, 11) is -0.579. The second kappa shape index (κ2) is 11.5. The zero-order valence-corrected chi connectivity index (χ0v) is 20.3. The van der Waals surface area contributed by atoms with Crippen LogP contribution in [0, 0.1) is 13.8 Å². The van der Waals surface area contributed by atoms with E-state index in [9.17, 15) is 4.89 Å². The predicted octanol–water partition coefficient (Wildman–Crippen LogP) is 8.20. The lowest BCUT2D eigenvalue weighted by atomic mass is 9.89. The van der Waals surface area contributed by atoms with Crippen LogP contribution in [0.4, 0.5) is 0 Å². The molecule has 0 amide bonds. The highest BCUT2D eigenvalue weighted by molar-refractivity contribution is 7.25. The number of rotatable bonds is 10. The maximum absolute atomic E-state index is 9.55. The molecule has 0 aliphatic rings. The molecule has 0 saturated heterocycles. The highest BCUT2D eigenvalue weighted by atomic mass is 31.1. The van der Waals surface area contributed by atoms with Crippen LogP contribution in [0.5, 0.6) is 5.75 Å². The van der Waals surface area contributed by atoms with E-state index in [2.05, 4.69) is 70.2 Å². The maximum Gasteiger partial charge on any atom is 0.212 e. The first-order chi connectivity index (χ1) is 15.1. The molecular formula is C28H35O2P. The van der Waals surface area contributed by atoms with Gasteiger partial charge in [0, 0.05) is 5.56 Å². The number of hydrogen-bond acceptors (Lipinski definition) is 2. The molecule has 1 N–H and O–H groups in total. The third-order valence-electron chi connectivity index (χ3n) is 6.08. The largest absolute Gasteiger partial charge is 0.449 e. The Morgan fingerprint density at radius 2 is 1.35 bits per heavy atom. The fourth-order valence-corrected chi connectivity index (χ4v) is 4.41. The molecule has 0 aromatic heterocycles. The van der Waals surface area contributed by atoms with E-state index >= 15 is 0 Å². The Hall–Kier alpha value is -2.15. The predicted molar refractivity (Wildman–Crippen MR) is 135 cm³/mol. The molecule has 0 radical (unpaired) electrons. The Labute approximate surface area is 189 Å². The molecule has 3 rings (SSSR count). The molecule has 0 aliphatic heterocycles. The van der Waals surface area contributed by atoms with Crippen LogP contribution in [-0.2, 0) is 12.8 Å². The van der Waals surface area contributed by atoms with E-state index in [1.807, 2.05) is 12.1 Å². The van der Waals surface area contributed by atoms with E-state index in [0.717, 1.165) is 35.3 Å². The van der Waals surface area contributed by atoms with Crippen molar-refractivity contribution < 1.29 is 9.42 Å². The normalized spacial score (nSPS) is 11.4. The Kier molecular flexibility index (Phi) is 8.69. The van der Waals surface area contributed by atoms with Crippen molar-refractivity contribution in [3.63, 3.8) is 0 Å². The van der Waals surface area contributed by atoms with Gasteiger partial charge in [-0.25, -0.2) is 0 Å². The van der Waals surface area contributed by atoms with Crippen LogP contribution in [0.15, 0.2) is 54.6 Å². The summed E-state index contributed by atoms with van der Waals surface area (Å²) < 4.78 is 5.71. The molecule has 0 bridgehead atoms. The van der Waals surface area contributed by atoms with Gasteiger partial charge in [-0.15, -0.1) is 0 Å². The SMILES string of the molecule is CCCCc1cc(-c2cccc(OPO)c2-c2ccc(C)c(CCCC)c2)ccc1C. The van der Waals surface area contributed by atoms with Crippen LogP contribution < -0.4 is 4.52 Å². The van der Waals surface area contributed by atoms with Gasteiger partial charge < -0.3 is 9.42 Å². The monoisotopic (exact) mass is 434 g/mol. The molecule has 0 heterocycles. The molecule has 1 unspecified atom stereocenters. The van der Waals surface area contributed by atoms with Crippen molar-refractivity contribution >= 4 is 9.03 Å². The number of unbranched alkanes of at least 4 members (excludes halogenated alkanes) is 2. The van der Waals surface area contributed by atoms with E-state index in [1.54, 1.807) is 0 Å². The van der Waals surface area contributed by atoms with Crippen LogP contribution in [0.2, 0.25) is 0 Å². The van der Waals surface area contributed by atoms with E-state index in [4.69, 9.17) is 4.52 Å². The lowest BCUT2D eigenvalue weighted by Crippen LogP contribution is -1.95. The van der Waals surface area contributed by atoms with Crippen molar-refractivity contribution in [2.24, 2.45) is 0 Å². The Bertz CT molecular complexity index is 1010. The van der Waals surface area contributed by atoms with Crippen molar-refractivity contribution in [3.8, 4) is 28.0 Å². The molecule has 164 valence electrons. The fourth-order valence-electron chi connectivity index (χ4n) is 4.14. The molecular weight excluding hydrogens is 399 g/mol. The third-order valence-corrected chi connectivity index (χ3v) is 6.39. The quantitative estimate of drug-likeness (QED) is 0.326. The molecule has 3 aromatic rings. The first-order valence-corrected chi connectivity index (χ1v) is 12.3. The maximum atomic E-state index is 9.55. The van der Waals surface area contributed by atoms with Gasteiger partial charge in [0.1, 0.15) is 5.75 Å².